The number of nitrogens with zero attached hydrogens (tertiary/aromatic N) is 4. The van der Waals surface area contributed by atoms with Crippen molar-refractivity contribution >= 4 is 23.2 Å². The highest BCUT2D eigenvalue weighted by Crippen LogP contribution is 2.26. The maximum atomic E-state index is 12.7. The Hall–Kier alpha value is -1.77. The second kappa shape index (κ2) is 5.55. The van der Waals surface area contributed by atoms with E-state index in [-0.39, 0.29) is 11.9 Å². The van der Waals surface area contributed by atoms with Crippen LogP contribution in [0.4, 0.5) is 5.69 Å². The number of rotatable bonds is 1. The van der Waals surface area contributed by atoms with Gasteiger partial charge in [0.15, 0.2) is 6.19 Å². The minimum absolute atomic E-state index is 0.0566. The largest absolute Gasteiger partial charge is 0.310 e. The van der Waals surface area contributed by atoms with Crippen LogP contribution in [0.2, 0.25) is 5.02 Å². The molecule has 5 nitrogen and oxygen atoms in total. The van der Waals surface area contributed by atoms with E-state index in [1.807, 2.05) is 25.1 Å². The van der Waals surface area contributed by atoms with Gasteiger partial charge in [0.05, 0.1) is 6.54 Å². The summed E-state index contributed by atoms with van der Waals surface area (Å²) < 4.78 is 0. The molecule has 0 aromatic heterocycles. The van der Waals surface area contributed by atoms with E-state index in [1.54, 1.807) is 9.80 Å². The molecule has 21 heavy (non-hydrogen) atoms. The fourth-order valence-corrected chi connectivity index (χ4v) is 3.11. The molecule has 0 saturated carbocycles. The van der Waals surface area contributed by atoms with Crippen LogP contribution < -0.4 is 4.90 Å². The van der Waals surface area contributed by atoms with Crippen LogP contribution in [0.1, 0.15) is 5.56 Å². The summed E-state index contributed by atoms with van der Waals surface area (Å²) in [6.07, 6.45) is 2.14. The zero-order valence-electron chi connectivity index (χ0n) is 11.9. The number of halogens is 1. The quantitative estimate of drug-likeness (QED) is 0.737. The third-order valence-electron chi connectivity index (χ3n) is 4.26. The molecule has 2 fully saturated rings. The van der Waals surface area contributed by atoms with Crippen LogP contribution >= 0.6 is 11.6 Å². The topological polar surface area (TPSA) is 50.6 Å². The van der Waals surface area contributed by atoms with Crippen molar-refractivity contribution in [3.05, 3.63) is 28.8 Å². The predicted octanol–water partition coefficient (Wildman–Crippen LogP) is 1.46. The fourth-order valence-electron chi connectivity index (χ4n) is 2.94. The van der Waals surface area contributed by atoms with Crippen LogP contribution in [0, 0.1) is 18.4 Å². The van der Waals surface area contributed by atoms with Gasteiger partial charge >= 0.3 is 0 Å². The van der Waals surface area contributed by atoms with Crippen molar-refractivity contribution in [2.45, 2.75) is 13.0 Å². The average molecular weight is 305 g/mol. The van der Waals surface area contributed by atoms with Crippen molar-refractivity contribution < 1.29 is 4.79 Å². The van der Waals surface area contributed by atoms with Gasteiger partial charge in [-0.3, -0.25) is 9.69 Å². The zero-order chi connectivity index (χ0) is 15.0. The monoisotopic (exact) mass is 304 g/mol. The molecule has 6 heteroatoms. The average Bonchev–Trinajstić information content (AvgIpc) is 2.50. The molecule has 1 aromatic carbocycles. The molecule has 2 saturated heterocycles. The third-order valence-corrected chi connectivity index (χ3v) is 4.67. The Kier molecular flexibility index (Phi) is 3.75. The first-order chi connectivity index (χ1) is 10.1. The van der Waals surface area contributed by atoms with Gasteiger partial charge in [0.2, 0.25) is 5.91 Å². The highest BCUT2D eigenvalue weighted by atomic mass is 35.5. The minimum Gasteiger partial charge on any atom is -0.310 e. The van der Waals surface area contributed by atoms with Crippen molar-refractivity contribution in [2.24, 2.45) is 0 Å². The van der Waals surface area contributed by atoms with Gasteiger partial charge in [0.25, 0.3) is 0 Å². The van der Waals surface area contributed by atoms with Crippen LogP contribution in [0.3, 0.4) is 0 Å². The fraction of sp³-hybridized carbons (Fsp3) is 0.467. The Bertz CT molecular complexity index is 612. The zero-order valence-corrected chi connectivity index (χ0v) is 12.7. The van der Waals surface area contributed by atoms with Gasteiger partial charge in [-0.1, -0.05) is 17.7 Å². The van der Waals surface area contributed by atoms with E-state index in [1.165, 1.54) is 0 Å². The molecular weight excluding hydrogens is 288 g/mol. The second-order valence-corrected chi connectivity index (χ2v) is 5.93. The number of amides is 1. The molecule has 0 bridgehead atoms. The summed E-state index contributed by atoms with van der Waals surface area (Å²) in [5.41, 5.74) is 1.84. The lowest BCUT2D eigenvalue weighted by atomic mass is 10.1. The van der Waals surface area contributed by atoms with Crippen LogP contribution in [0.5, 0.6) is 0 Å². The molecule has 2 aliphatic heterocycles. The van der Waals surface area contributed by atoms with Crippen molar-refractivity contribution in [1.29, 1.82) is 5.26 Å². The molecule has 110 valence electrons. The number of hydrogen-bond donors (Lipinski definition) is 0. The second-order valence-electron chi connectivity index (χ2n) is 5.52. The van der Waals surface area contributed by atoms with Crippen LogP contribution in [0.15, 0.2) is 18.2 Å². The van der Waals surface area contributed by atoms with E-state index >= 15 is 0 Å². The Morgan fingerprint density at radius 3 is 2.76 bits per heavy atom. The summed E-state index contributed by atoms with van der Waals surface area (Å²) in [4.78, 5) is 18.3. The molecule has 1 unspecified atom stereocenters. The highest BCUT2D eigenvalue weighted by molar-refractivity contribution is 6.31. The van der Waals surface area contributed by atoms with E-state index in [4.69, 9.17) is 16.9 Å². The van der Waals surface area contributed by atoms with E-state index in [9.17, 15) is 4.79 Å². The Morgan fingerprint density at radius 1 is 1.29 bits per heavy atom. The smallest absolute Gasteiger partial charge is 0.246 e. The van der Waals surface area contributed by atoms with Crippen LogP contribution in [0.25, 0.3) is 0 Å². The predicted molar refractivity (Wildman–Crippen MR) is 81.1 cm³/mol. The van der Waals surface area contributed by atoms with Crippen LogP contribution in [-0.2, 0) is 4.79 Å². The SMILES string of the molecule is Cc1ccc(N2CCN3CCN(C#N)CC3C2=O)cc1Cl. The van der Waals surface area contributed by atoms with Gasteiger partial charge in [-0.15, -0.1) is 0 Å². The summed E-state index contributed by atoms with van der Waals surface area (Å²) in [6.45, 7) is 5.40. The molecule has 0 N–H and O–H groups in total. The van der Waals surface area contributed by atoms with E-state index < -0.39 is 0 Å². The molecule has 1 amide bonds. The van der Waals surface area contributed by atoms with E-state index in [0.717, 1.165) is 24.3 Å². The first-order valence-corrected chi connectivity index (χ1v) is 7.44. The lowest BCUT2D eigenvalue weighted by Crippen LogP contribution is -2.64. The lowest BCUT2D eigenvalue weighted by molar-refractivity contribution is -0.127. The molecule has 2 heterocycles. The number of aryl methyl sites for hydroxylation is 1. The number of benzene rings is 1. The summed E-state index contributed by atoms with van der Waals surface area (Å²) in [7, 11) is 0. The Balaban J connectivity index is 1.83. The van der Waals surface area contributed by atoms with Gasteiger partial charge in [-0.2, -0.15) is 5.26 Å². The van der Waals surface area contributed by atoms with Crippen molar-refractivity contribution in [3.8, 4) is 6.19 Å². The lowest BCUT2D eigenvalue weighted by Gasteiger charge is -2.45. The molecule has 1 atom stereocenters. The van der Waals surface area contributed by atoms with Crippen molar-refractivity contribution in [1.82, 2.24) is 9.80 Å². The highest BCUT2D eigenvalue weighted by Gasteiger charge is 2.39. The van der Waals surface area contributed by atoms with Crippen molar-refractivity contribution in [2.75, 3.05) is 37.6 Å². The maximum Gasteiger partial charge on any atom is 0.246 e. The molecule has 3 rings (SSSR count). The number of carbonyl (C=O) groups excluding carboxylic acids is 1. The summed E-state index contributed by atoms with van der Waals surface area (Å²) >= 11 is 6.16. The van der Waals surface area contributed by atoms with Gasteiger partial charge < -0.3 is 9.80 Å². The third kappa shape index (κ3) is 2.57. The number of carbonyl (C=O) groups is 1. The van der Waals surface area contributed by atoms with Crippen LogP contribution in [-0.4, -0.2) is 54.5 Å². The first kappa shape index (κ1) is 14.2. The van der Waals surface area contributed by atoms with Gasteiger partial charge in [-0.25, -0.2) is 0 Å². The number of nitriles is 1. The standard InChI is InChI=1S/C15H17ClN4O/c1-11-2-3-12(8-13(11)16)20-7-6-19-5-4-18(10-17)9-14(19)15(20)21/h2-3,8,14H,4-7,9H2,1H3. The summed E-state index contributed by atoms with van der Waals surface area (Å²) in [5.74, 6) is 0.0566. The summed E-state index contributed by atoms with van der Waals surface area (Å²) in [6, 6.07) is 5.47. The summed E-state index contributed by atoms with van der Waals surface area (Å²) in [5, 5.41) is 9.70. The molecule has 0 aliphatic carbocycles. The number of fused-ring (bicyclic) bond motifs is 1. The van der Waals surface area contributed by atoms with Crippen molar-refractivity contribution in [3.63, 3.8) is 0 Å². The molecule has 1 aromatic rings. The van der Waals surface area contributed by atoms with Gasteiger partial charge in [0.1, 0.15) is 6.04 Å². The first-order valence-electron chi connectivity index (χ1n) is 7.06. The number of piperazine rings is 2. The number of anilines is 1. The molecular formula is C15H17ClN4O. The molecule has 0 spiro atoms. The van der Waals surface area contributed by atoms with E-state index in [0.29, 0.717) is 24.7 Å². The Labute approximate surface area is 129 Å². The van der Waals surface area contributed by atoms with Gasteiger partial charge in [-0.05, 0) is 24.6 Å². The minimum atomic E-state index is -0.229. The Morgan fingerprint density at radius 2 is 2.05 bits per heavy atom. The van der Waals surface area contributed by atoms with E-state index in [2.05, 4.69) is 11.1 Å². The molecule has 2 aliphatic rings. The number of hydrogen-bond acceptors (Lipinski definition) is 4. The maximum absolute atomic E-state index is 12.7. The van der Waals surface area contributed by atoms with Gasteiger partial charge in [0, 0.05) is 36.9 Å². The molecule has 0 radical (unpaired) electrons. The normalized spacial score (nSPS) is 22.9.